The van der Waals surface area contributed by atoms with Crippen LogP contribution in [0.1, 0.15) is 19.8 Å². The number of hydrogen-bond donors (Lipinski definition) is 2. The van der Waals surface area contributed by atoms with Gasteiger partial charge < -0.3 is 5.32 Å². The number of carbonyl (C=O) groups excluding carboxylic acids is 2. The van der Waals surface area contributed by atoms with Crippen molar-refractivity contribution < 1.29 is 14.0 Å². The molecule has 0 aliphatic rings. The van der Waals surface area contributed by atoms with Crippen molar-refractivity contribution in [2.45, 2.75) is 24.9 Å². The highest BCUT2D eigenvalue weighted by molar-refractivity contribution is 7.99. The van der Waals surface area contributed by atoms with E-state index in [1.54, 1.807) is 16.7 Å². The van der Waals surface area contributed by atoms with Crippen LogP contribution in [0.3, 0.4) is 0 Å². The van der Waals surface area contributed by atoms with Crippen molar-refractivity contribution in [3.8, 4) is 17.1 Å². The van der Waals surface area contributed by atoms with Crippen LogP contribution in [0.5, 0.6) is 0 Å². The first kappa shape index (κ1) is 21.5. The zero-order valence-corrected chi connectivity index (χ0v) is 17.3. The molecule has 0 bridgehead atoms. The number of aromatic nitrogens is 3. The van der Waals surface area contributed by atoms with E-state index in [1.807, 2.05) is 37.3 Å². The first-order chi connectivity index (χ1) is 14.6. The minimum Gasteiger partial charge on any atom is -0.338 e. The Balaban J connectivity index is 1.76. The quantitative estimate of drug-likeness (QED) is 0.422. The molecule has 3 amide bonds. The Labute approximate surface area is 178 Å². The Morgan fingerprint density at radius 3 is 2.50 bits per heavy atom. The molecule has 7 nitrogen and oxygen atoms in total. The normalized spacial score (nSPS) is 10.6. The van der Waals surface area contributed by atoms with Gasteiger partial charge in [-0.2, -0.15) is 0 Å². The van der Waals surface area contributed by atoms with Gasteiger partial charge in [-0.15, -0.1) is 10.2 Å². The van der Waals surface area contributed by atoms with E-state index >= 15 is 0 Å². The molecule has 0 fully saturated rings. The van der Waals surface area contributed by atoms with E-state index in [0.717, 1.165) is 30.2 Å². The molecule has 0 aliphatic heterocycles. The maximum atomic E-state index is 13.4. The third-order valence-corrected chi connectivity index (χ3v) is 5.08. The molecule has 0 atom stereocenters. The Hall–Kier alpha value is -3.20. The van der Waals surface area contributed by atoms with Crippen molar-refractivity contribution >= 4 is 23.7 Å². The standard InChI is InChI=1S/C21H22FN5O2S/c1-2-3-13-23-20(29)24-18(28)14-30-21-26-25-19(15-7-5-4-6-8-15)27(21)17-11-9-16(22)10-12-17/h4-12H,2-3,13-14H2,1H3,(H2,23,24,28,29). The molecule has 1 aromatic heterocycles. The molecule has 30 heavy (non-hydrogen) atoms. The largest absolute Gasteiger partial charge is 0.338 e. The lowest BCUT2D eigenvalue weighted by Crippen LogP contribution is -2.40. The number of nitrogens with zero attached hydrogens (tertiary/aromatic N) is 3. The number of amides is 3. The van der Waals surface area contributed by atoms with E-state index in [2.05, 4.69) is 20.8 Å². The Morgan fingerprint density at radius 1 is 1.07 bits per heavy atom. The fourth-order valence-corrected chi connectivity index (χ4v) is 3.43. The van der Waals surface area contributed by atoms with Gasteiger partial charge >= 0.3 is 6.03 Å². The summed E-state index contributed by atoms with van der Waals surface area (Å²) in [5.41, 5.74) is 1.50. The second-order valence-corrected chi connectivity index (χ2v) is 7.37. The average molecular weight is 428 g/mol. The van der Waals surface area contributed by atoms with Crippen LogP contribution in [0.2, 0.25) is 0 Å². The molecule has 0 radical (unpaired) electrons. The van der Waals surface area contributed by atoms with Crippen LogP contribution in [0.15, 0.2) is 59.8 Å². The van der Waals surface area contributed by atoms with Gasteiger partial charge in [0, 0.05) is 17.8 Å². The third-order valence-electron chi connectivity index (χ3n) is 4.15. The highest BCUT2D eigenvalue weighted by Gasteiger charge is 2.18. The highest BCUT2D eigenvalue weighted by atomic mass is 32.2. The number of carbonyl (C=O) groups is 2. The van der Waals surface area contributed by atoms with Crippen LogP contribution >= 0.6 is 11.8 Å². The number of hydrogen-bond acceptors (Lipinski definition) is 5. The Bertz CT molecular complexity index is 992. The van der Waals surface area contributed by atoms with Crippen molar-refractivity contribution in [2.75, 3.05) is 12.3 Å². The molecule has 9 heteroatoms. The lowest BCUT2D eigenvalue weighted by atomic mass is 10.2. The molecule has 0 aliphatic carbocycles. The zero-order chi connectivity index (χ0) is 21.3. The molecule has 3 aromatic rings. The van der Waals surface area contributed by atoms with Crippen molar-refractivity contribution in [1.82, 2.24) is 25.4 Å². The van der Waals surface area contributed by atoms with E-state index in [4.69, 9.17) is 0 Å². The van der Waals surface area contributed by atoms with Crippen LogP contribution < -0.4 is 10.6 Å². The molecule has 0 saturated heterocycles. The number of urea groups is 1. The minimum absolute atomic E-state index is 0.0185. The van der Waals surface area contributed by atoms with Gasteiger partial charge in [0.1, 0.15) is 5.82 Å². The number of halogens is 1. The van der Waals surface area contributed by atoms with E-state index < -0.39 is 11.9 Å². The third kappa shape index (κ3) is 5.66. The molecule has 156 valence electrons. The van der Waals surface area contributed by atoms with E-state index in [1.165, 1.54) is 12.1 Å². The van der Waals surface area contributed by atoms with Gasteiger partial charge in [-0.1, -0.05) is 55.4 Å². The topological polar surface area (TPSA) is 88.9 Å². The van der Waals surface area contributed by atoms with Gasteiger partial charge in [-0.25, -0.2) is 9.18 Å². The molecule has 1 heterocycles. The van der Waals surface area contributed by atoms with Gasteiger partial charge in [0.2, 0.25) is 5.91 Å². The lowest BCUT2D eigenvalue weighted by molar-refractivity contribution is -0.117. The Kier molecular flexibility index (Phi) is 7.56. The fraction of sp³-hybridized carbons (Fsp3) is 0.238. The summed E-state index contributed by atoms with van der Waals surface area (Å²) >= 11 is 1.14. The van der Waals surface area contributed by atoms with Gasteiger partial charge in [0.15, 0.2) is 11.0 Å². The first-order valence-corrected chi connectivity index (χ1v) is 10.5. The van der Waals surface area contributed by atoms with E-state index in [9.17, 15) is 14.0 Å². The summed E-state index contributed by atoms with van der Waals surface area (Å²) in [5.74, 6) is -0.239. The van der Waals surface area contributed by atoms with Crippen LogP contribution in [-0.4, -0.2) is 39.0 Å². The number of thioether (sulfide) groups is 1. The summed E-state index contributed by atoms with van der Waals surface area (Å²) in [6.45, 7) is 2.53. The second-order valence-electron chi connectivity index (χ2n) is 6.43. The highest BCUT2D eigenvalue weighted by Crippen LogP contribution is 2.27. The molecular formula is C21H22FN5O2S. The summed E-state index contributed by atoms with van der Waals surface area (Å²) in [6, 6.07) is 14.9. The number of nitrogens with one attached hydrogen (secondary N) is 2. The second kappa shape index (κ2) is 10.5. The van der Waals surface area contributed by atoms with Crippen molar-refractivity contribution in [3.05, 3.63) is 60.4 Å². The molecule has 0 spiro atoms. The maximum absolute atomic E-state index is 13.4. The summed E-state index contributed by atoms with van der Waals surface area (Å²) in [6.07, 6.45) is 1.80. The van der Waals surface area contributed by atoms with Crippen molar-refractivity contribution in [1.29, 1.82) is 0 Å². The first-order valence-electron chi connectivity index (χ1n) is 9.55. The van der Waals surface area contributed by atoms with Crippen LogP contribution in [0.4, 0.5) is 9.18 Å². The molecule has 3 rings (SSSR count). The predicted molar refractivity (Wildman–Crippen MR) is 114 cm³/mol. The molecule has 0 saturated carbocycles. The maximum Gasteiger partial charge on any atom is 0.321 e. The summed E-state index contributed by atoms with van der Waals surface area (Å²) in [4.78, 5) is 23.9. The molecule has 2 N–H and O–H groups in total. The predicted octanol–water partition coefficient (Wildman–Crippen LogP) is 3.79. The van der Waals surface area contributed by atoms with Crippen molar-refractivity contribution in [2.24, 2.45) is 0 Å². The van der Waals surface area contributed by atoms with Gasteiger partial charge in [0.25, 0.3) is 0 Å². The minimum atomic E-state index is -0.515. The summed E-state index contributed by atoms with van der Waals surface area (Å²) in [7, 11) is 0. The van der Waals surface area contributed by atoms with Gasteiger partial charge in [0.05, 0.1) is 5.75 Å². The van der Waals surface area contributed by atoms with Gasteiger partial charge in [-0.05, 0) is 30.7 Å². The van der Waals surface area contributed by atoms with Crippen LogP contribution in [0.25, 0.3) is 17.1 Å². The van der Waals surface area contributed by atoms with Crippen LogP contribution in [-0.2, 0) is 4.79 Å². The average Bonchev–Trinajstić information content (AvgIpc) is 3.17. The zero-order valence-electron chi connectivity index (χ0n) is 16.5. The number of imide groups is 1. The number of benzene rings is 2. The fourth-order valence-electron chi connectivity index (χ4n) is 2.68. The number of rotatable bonds is 8. The molecule has 0 unspecified atom stereocenters. The van der Waals surface area contributed by atoms with E-state index in [-0.39, 0.29) is 11.6 Å². The SMILES string of the molecule is CCCCNC(=O)NC(=O)CSc1nnc(-c2ccccc2)n1-c1ccc(F)cc1. The van der Waals surface area contributed by atoms with Crippen molar-refractivity contribution in [3.63, 3.8) is 0 Å². The number of unbranched alkanes of at least 4 members (excludes halogenated alkanes) is 1. The monoisotopic (exact) mass is 427 g/mol. The van der Waals surface area contributed by atoms with Gasteiger partial charge in [-0.3, -0.25) is 14.7 Å². The molecular weight excluding hydrogens is 405 g/mol. The van der Waals surface area contributed by atoms with E-state index in [0.29, 0.717) is 23.2 Å². The smallest absolute Gasteiger partial charge is 0.321 e. The van der Waals surface area contributed by atoms with Crippen LogP contribution in [0, 0.1) is 5.82 Å². The summed E-state index contributed by atoms with van der Waals surface area (Å²) < 4.78 is 15.2. The lowest BCUT2D eigenvalue weighted by Gasteiger charge is -2.10. The molecule has 2 aromatic carbocycles. The Morgan fingerprint density at radius 2 is 1.80 bits per heavy atom. The summed E-state index contributed by atoms with van der Waals surface area (Å²) in [5, 5.41) is 13.9.